The van der Waals surface area contributed by atoms with Crippen LogP contribution in [0.2, 0.25) is 0 Å². The first-order valence-corrected chi connectivity index (χ1v) is 7.85. The van der Waals surface area contributed by atoms with Gasteiger partial charge in [-0.15, -0.1) is 0 Å². The molecule has 0 atom stereocenters. The minimum Gasteiger partial charge on any atom is -0.355 e. The number of rotatable bonds is 0. The normalized spacial score (nSPS) is 12.2. The van der Waals surface area contributed by atoms with E-state index in [4.69, 9.17) is 0 Å². The summed E-state index contributed by atoms with van der Waals surface area (Å²) in [7, 11) is 0. The first-order valence-electron chi connectivity index (χ1n) is 7.85. The molecular formula is C20H14N4Os. The zero-order valence-corrected chi connectivity index (χ0v) is 15.7. The largest absolute Gasteiger partial charge is 0.355 e. The van der Waals surface area contributed by atoms with Crippen LogP contribution in [0.1, 0.15) is 22.8 Å². The van der Waals surface area contributed by atoms with Gasteiger partial charge in [0.1, 0.15) is 0 Å². The van der Waals surface area contributed by atoms with Crippen molar-refractivity contribution >= 4 is 46.4 Å². The molecule has 25 heavy (non-hydrogen) atoms. The van der Waals surface area contributed by atoms with E-state index in [0.29, 0.717) is 0 Å². The second-order valence-corrected chi connectivity index (χ2v) is 5.91. The average Bonchev–Trinajstić information content (AvgIpc) is 3.32. The van der Waals surface area contributed by atoms with Crippen molar-refractivity contribution in [2.24, 2.45) is 0 Å². The van der Waals surface area contributed by atoms with Gasteiger partial charge in [0.2, 0.25) is 0 Å². The van der Waals surface area contributed by atoms with E-state index in [-0.39, 0.29) is 19.8 Å². The molecule has 5 heteroatoms. The van der Waals surface area contributed by atoms with Gasteiger partial charge < -0.3 is 9.97 Å². The summed E-state index contributed by atoms with van der Waals surface area (Å²) in [5.74, 6) is 0. The zero-order valence-electron chi connectivity index (χ0n) is 13.2. The summed E-state index contributed by atoms with van der Waals surface area (Å²) in [4.78, 5) is 16.0. The number of aromatic amines is 2. The van der Waals surface area contributed by atoms with Crippen molar-refractivity contribution in [3.8, 4) is 0 Å². The zero-order chi connectivity index (χ0) is 15.9. The monoisotopic (exact) mass is 502 g/mol. The molecule has 5 heterocycles. The Morgan fingerprint density at radius 1 is 0.480 bits per heavy atom. The van der Waals surface area contributed by atoms with E-state index in [1.807, 2.05) is 48.6 Å². The van der Waals surface area contributed by atoms with Gasteiger partial charge in [0.25, 0.3) is 0 Å². The van der Waals surface area contributed by atoms with Crippen LogP contribution in [0, 0.1) is 0 Å². The smallest absolute Gasteiger partial charge is 0.0658 e. The molecule has 0 saturated carbocycles. The van der Waals surface area contributed by atoms with E-state index in [1.54, 1.807) is 0 Å². The molecule has 3 aromatic heterocycles. The Morgan fingerprint density at radius 3 is 1.04 bits per heavy atom. The summed E-state index contributed by atoms with van der Waals surface area (Å²) in [6.07, 6.45) is 8.09. The minimum atomic E-state index is 0. The molecule has 2 aliphatic heterocycles. The summed E-state index contributed by atoms with van der Waals surface area (Å²) < 4.78 is 0. The van der Waals surface area contributed by atoms with E-state index < -0.39 is 0 Å². The molecule has 0 saturated heterocycles. The summed E-state index contributed by atoms with van der Waals surface area (Å²) in [5.41, 5.74) is 7.86. The molecule has 0 spiro atoms. The van der Waals surface area contributed by atoms with Gasteiger partial charge >= 0.3 is 0 Å². The number of H-pyrrole nitrogens is 2. The Balaban J connectivity index is 0.00000157. The Morgan fingerprint density at radius 2 is 0.760 bits per heavy atom. The van der Waals surface area contributed by atoms with Crippen molar-refractivity contribution in [2.45, 2.75) is 0 Å². The first-order chi connectivity index (χ1) is 11.8. The second-order valence-electron chi connectivity index (χ2n) is 5.91. The molecule has 0 fully saturated rings. The van der Waals surface area contributed by atoms with Crippen molar-refractivity contribution in [1.29, 1.82) is 0 Å². The Hall–Kier alpha value is -2.76. The third-order valence-electron chi connectivity index (χ3n) is 4.04. The molecule has 0 amide bonds. The van der Waals surface area contributed by atoms with Crippen LogP contribution in [0.25, 0.3) is 46.4 Å². The van der Waals surface area contributed by atoms with Gasteiger partial charge in [-0.3, -0.25) is 0 Å². The van der Waals surface area contributed by atoms with Crippen LogP contribution in [-0.4, -0.2) is 19.9 Å². The molecule has 0 aliphatic carbocycles. The molecular weight excluding hydrogens is 486 g/mol. The predicted octanol–water partition coefficient (Wildman–Crippen LogP) is 4.65. The van der Waals surface area contributed by atoms with E-state index in [9.17, 15) is 0 Å². The molecule has 0 radical (unpaired) electrons. The molecule has 2 N–H and O–H groups in total. The maximum atomic E-state index is 4.63. The van der Waals surface area contributed by atoms with Crippen LogP contribution < -0.4 is 0 Å². The summed E-state index contributed by atoms with van der Waals surface area (Å²) in [6.45, 7) is 0. The molecule has 122 valence electrons. The minimum absolute atomic E-state index is 0. The van der Waals surface area contributed by atoms with Gasteiger partial charge in [0.15, 0.2) is 0 Å². The number of nitrogens with zero attached hydrogens (tertiary/aromatic N) is 2. The third-order valence-corrected chi connectivity index (χ3v) is 4.04. The number of hydrogen-bond donors (Lipinski definition) is 2. The van der Waals surface area contributed by atoms with Crippen molar-refractivity contribution in [3.63, 3.8) is 0 Å². The molecule has 4 nitrogen and oxygen atoms in total. The standard InChI is InChI=1S/C20H14N4.Os/c1-2-14-10-16-5-6-18(23-16)12-20-8-7-19(24-20)11-17-4-3-15(22-17)9-13(1)21-14;/h1-12,21,24H;. The van der Waals surface area contributed by atoms with Crippen LogP contribution >= 0.6 is 0 Å². The fourth-order valence-corrected chi connectivity index (χ4v) is 2.94. The van der Waals surface area contributed by atoms with Gasteiger partial charge in [-0.25, -0.2) is 9.97 Å². The summed E-state index contributed by atoms with van der Waals surface area (Å²) in [5, 5.41) is 0. The topological polar surface area (TPSA) is 57.4 Å². The summed E-state index contributed by atoms with van der Waals surface area (Å²) >= 11 is 0. The summed E-state index contributed by atoms with van der Waals surface area (Å²) in [6, 6.07) is 16.4. The molecule has 2 aliphatic rings. The fraction of sp³-hybridized carbons (Fsp3) is 0. The number of aromatic nitrogens is 4. The van der Waals surface area contributed by atoms with Crippen molar-refractivity contribution in [2.75, 3.05) is 0 Å². The van der Waals surface area contributed by atoms with Crippen molar-refractivity contribution < 1.29 is 19.8 Å². The first kappa shape index (κ1) is 15.7. The number of hydrogen-bond acceptors (Lipinski definition) is 2. The third kappa shape index (κ3) is 3.24. The molecule has 3 aromatic rings. The van der Waals surface area contributed by atoms with Gasteiger partial charge in [0.05, 0.1) is 22.8 Å². The number of nitrogens with one attached hydrogen (secondary N) is 2. The molecule has 8 bridgehead atoms. The Labute approximate surface area is 157 Å². The van der Waals surface area contributed by atoms with E-state index in [0.717, 1.165) is 44.8 Å². The quantitative estimate of drug-likeness (QED) is 0.325. The Kier molecular flexibility index (Phi) is 3.95. The van der Waals surface area contributed by atoms with Crippen LogP contribution in [-0.2, 0) is 19.8 Å². The van der Waals surface area contributed by atoms with Crippen LogP contribution in [0.15, 0.2) is 48.5 Å². The number of fused-ring (bicyclic) bond motifs is 8. The van der Waals surface area contributed by atoms with Gasteiger partial charge in [-0.05, 0) is 72.8 Å². The average molecular weight is 501 g/mol. The van der Waals surface area contributed by atoms with Crippen LogP contribution in [0.4, 0.5) is 0 Å². The van der Waals surface area contributed by atoms with Gasteiger partial charge in [-0.2, -0.15) is 0 Å². The van der Waals surface area contributed by atoms with Crippen molar-refractivity contribution in [1.82, 2.24) is 19.9 Å². The van der Waals surface area contributed by atoms with Crippen LogP contribution in [0.3, 0.4) is 0 Å². The Bertz CT molecular complexity index is 990. The predicted molar refractivity (Wildman–Crippen MR) is 98.9 cm³/mol. The fourth-order valence-electron chi connectivity index (χ4n) is 2.94. The van der Waals surface area contributed by atoms with Gasteiger partial charge in [-0.1, -0.05) is 0 Å². The van der Waals surface area contributed by atoms with E-state index in [1.165, 1.54) is 0 Å². The van der Waals surface area contributed by atoms with E-state index >= 15 is 0 Å². The second kappa shape index (κ2) is 6.27. The van der Waals surface area contributed by atoms with Crippen LogP contribution in [0.5, 0.6) is 0 Å². The van der Waals surface area contributed by atoms with Gasteiger partial charge in [0, 0.05) is 41.9 Å². The maximum absolute atomic E-state index is 4.63. The van der Waals surface area contributed by atoms with E-state index in [2.05, 4.69) is 44.2 Å². The molecule has 5 rings (SSSR count). The maximum Gasteiger partial charge on any atom is 0.0658 e. The SMILES string of the molecule is C1=Cc2cc3ccc(cc4nc(cc5ccc(cc1n2)[nH]5)C=C4)[nH]3.[Os]. The molecule has 0 aromatic carbocycles. The molecule has 0 unspecified atom stereocenters. The van der Waals surface area contributed by atoms with Crippen molar-refractivity contribution in [3.05, 3.63) is 71.3 Å².